The van der Waals surface area contributed by atoms with Crippen LogP contribution in [0.5, 0.6) is 0 Å². The fourth-order valence-electron chi connectivity index (χ4n) is 3.99. The van der Waals surface area contributed by atoms with Gasteiger partial charge in [0.2, 0.25) is 17.7 Å². The third-order valence-electron chi connectivity index (χ3n) is 6.34. The number of hydrogen-bond donors (Lipinski definition) is 8. The molecule has 1 aromatic rings. The summed E-state index contributed by atoms with van der Waals surface area (Å²) in [6, 6.07) is -3.55. The van der Waals surface area contributed by atoms with E-state index < -0.39 is 35.9 Å². The van der Waals surface area contributed by atoms with Crippen molar-refractivity contribution in [3.05, 3.63) is 18.2 Å². The number of aromatic amines is 1. The number of rotatable bonds is 15. The fourth-order valence-corrected chi connectivity index (χ4v) is 3.99. The number of amides is 3. The summed E-state index contributed by atoms with van der Waals surface area (Å²) >= 11 is 0. The molecule has 1 aromatic heterocycles. The molecule has 1 saturated heterocycles. The number of carboxylic acid groups (broad SMARTS) is 1. The minimum absolute atomic E-state index is 0.000107. The van der Waals surface area contributed by atoms with Crippen molar-refractivity contribution in [2.24, 2.45) is 22.4 Å². The van der Waals surface area contributed by atoms with Gasteiger partial charge in [0.15, 0.2) is 5.96 Å². The Morgan fingerprint density at radius 1 is 1.19 bits per heavy atom. The van der Waals surface area contributed by atoms with Crippen LogP contribution in [0.3, 0.4) is 0 Å². The second-order valence-corrected chi connectivity index (χ2v) is 9.21. The van der Waals surface area contributed by atoms with Crippen molar-refractivity contribution in [2.45, 2.75) is 76.5 Å². The summed E-state index contributed by atoms with van der Waals surface area (Å²) in [5, 5.41) is 20.7. The van der Waals surface area contributed by atoms with E-state index in [1.54, 1.807) is 6.92 Å². The highest BCUT2D eigenvalue weighted by Gasteiger charge is 2.33. The standard InChI is InChI=1S/C23H39N9O5/c1-3-13(2)18(21(35)31-17(22(36)37)10-14-11-26-12-29-14)32-20(34)16(7-5-9-28-23(24)25)30-19(33)15-6-4-8-27-15/h11-13,15-18,27H,3-10H2,1-2H3,(H,26,29)(H,30,33)(H,31,35)(H,32,34)(H,36,37)(H4,24,25,28). The maximum absolute atomic E-state index is 13.3. The number of carboxylic acids is 1. The summed E-state index contributed by atoms with van der Waals surface area (Å²) in [5.41, 5.74) is 11.3. The van der Waals surface area contributed by atoms with Gasteiger partial charge in [0.25, 0.3) is 0 Å². The average molecular weight is 522 g/mol. The van der Waals surface area contributed by atoms with E-state index in [1.807, 2.05) is 6.92 Å². The van der Waals surface area contributed by atoms with E-state index in [0.29, 0.717) is 25.0 Å². The van der Waals surface area contributed by atoms with Gasteiger partial charge in [-0.3, -0.25) is 19.4 Å². The molecular formula is C23H39N9O5. The lowest BCUT2D eigenvalue weighted by atomic mass is 9.96. The number of nitrogens with one attached hydrogen (secondary N) is 5. The first-order valence-electron chi connectivity index (χ1n) is 12.5. The van der Waals surface area contributed by atoms with E-state index in [-0.39, 0.29) is 43.2 Å². The summed E-state index contributed by atoms with van der Waals surface area (Å²) in [7, 11) is 0. The summed E-state index contributed by atoms with van der Waals surface area (Å²) < 4.78 is 0. The Morgan fingerprint density at radius 3 is 2.51 bits per heavy atom. The van der Waals surface area contributed by atoms with Gasteiger partial charge in [-0.1, -0.05) is 20.3 Å². The minimum atomic E-state index is -1.22. The molecule has 0 aromatic carbocycles. The number of carbonyl (C=O) groups excluding carboxylic acids is 3. The first-order chi connectivity index (χ1) is 17.6. The lowest BCUT2D eigenvalue weighted by Gasteiger charge is -2.28. The van der Waals surface area contributed by atoms with E-state index in [1.165, 1.54) is 12.5 Å². The predicted octanol–water partition coefficient (Wildman–Crippen LogP) is -1.66. The zero-order chi connectivity index (χ0) is 27.4. The van der Waals surface area contributed by atoms with Crippen LogP contribution in [0.2, 0.25) is 0 Å². The lowest BCUT2D eigenvalue weighted by molar-refractivity contribution is -0.142. The van der Waals surface area contributed by atoms with Crippen LogP contribution in [-0.4, -0.2) is 82.0 Å². The highest BCUT2D eigenvalue weighted by molar-refractivity contribution is 5.94. The van der Waals surface area contributed by atoms with Gasteiger partial charge in [0.05, 0.1) is 12.4 Å². The van der Waals surface area contributed by atoms with Gasteiger partial charge in [-0.15, -0.1) is 0 Å². The van der Waals surface area contributed by atoms with Crippen LogP contribution in [0.4, 0.5) is 0 Å². The van der Waals surface area contributed by atoms with Crippen LogP contribution in [0.25, 0.3) is 0 Å². The molecule has 14 heteroatoms. The summed E-state index contributed by atoms with van der Waals surface area (Å²) in [6.07, 6.45) is 5.63. The first-order valence-corrected chi connectivity index (χ1v) is 12.5. The molecule has 1 aliphatic rings. The maximum Gasteiger partial charge on any atom is 0.326 e. The van der Waals surface area contributed by atoms with Gasteiger partial charge >= 0.3 is 5.97 Å². The topological polar surface area (TPSA) is 230 Å². The quantitative estimate of drug-likeness (QED) is 0.0749. The molecule has 5 unspecified atom stereocenters. The van der Waals surface area contributed by atoms with Gasteiger partial charge in [-0.25, -0.2) is 9.78 Å². The molecule has 10 N–H and O–H groups in total. The summed E-state index contributed by atoms with van der Waals surface area (Å²) in [5.74, 6) is -3.06. The molecule has 37 heavy (non-hydrogen) atoms. The molecule has 0 radical (unpaired) electrons. The van der Waals surface area contributed by atoms with Gasteiger partial charge in [-0.2, -0.15) is 0 Å². The number of H-pyrrole nitrogens is 1. The number of imidazole rings is 1. The van der Waals surface area contributed by atoms with Crippen molar-refractivity contribution < 1.29 is 24.3 Å². The molecule has 3 amide bonds. The van der Waals surface area contributed by atoms with E-state index in [4.69, 9.17) is 11.5 Å². The van der Waals surface area contributed by atoms with E-state index in [0.717, 1.165) is 13.0 Å². The fraction of sp³-hybridized carbons (Fsp3) is 0.652. The maximum atomic E-state index is 13.3. The molecule has 2 rings (SSSR count). The third-order valence-corrected chi connectivity index (χ3v) is 6.34. The average Bonchev–Trinajstić information content (AvgIpc) is 3.57. The molecule has 1 aliphatic heterocycles. The molecule has 0 spiro atoms. The molecule has 0 bridgehead atoms. The Morgan fingerprint density at radius 2 is 1.95 bits per heavy atom. The number of aliphatic imine (C=N–C) groups is 1. The Labute approximate surface area is 215 Å². The SMILES string of the molecule is CCC(C)C(NC(=O)C(CCCN=C(N)N)NC(=O)C1CCCN1)C(=O)NC(Cc1cnc[nH]1)C(=O)O. The van der Waals surface area contributed by atoms with E-state index >= 15 is 0 Å². The zero-order valence-corrected chi connectivity index (χ0v) is 21.3. The monoisotopic (exact) mass is 521 g/mol. The summed E-state index contributed by atoms with van der Waals surface area (Å²) in [6.45, 7) is 4.63. The van der Waals surface area contributed by atoms with Crippen molar-refractivity contribution in [3.63, 3.8) is 0 Å². The minimum Gasteiger partial charge on any atom is -0.480 e. The van der Waals surface area contributed by atoms with Crippen LogP contribution in [0.1, 0.15) is 51.6 Å². The van der Waals surface area contributed by atoms with Crippen molar-refractivity contribution in [2.75, 3.05) is 13.1 Å². The number of carbonyl (C=O) groups is 4. The molecule has 14 nitrogen and oxygen atoms in total. The number of hydrogen-bond acceptors (Lipinski definition) is 7. The van der Waals surface area contributed by atoms with Crippen molar-refractivity contribution in [1.29, 1.82) is 0 Å². The molecule has 0 aliphatic carbocycles. The van der Waals surface area contributed by atoms with E-state index in [9.17, 15) is 24.3 Å². The van der Waals surface area contributed by atoms with E-state index in [2.05, 4.69) is 36.2 Å². The Balaban J connectivity index is 2.12. The number of aliphatic carboxylic acids is 1. The second-order valence-electron chi connectivity index (χ2n) is 9.21. The van der Waals surface area contributed by atoms with Crippen molar-refractivity contribution >= 4 is 29.7 Å². The number of aromatic nitrogens is 2. The summed E-state index contributed by atoms with van der Waals surface area (Å²) in [4.78, 5) is 61.5. The van der Waals surface area contributed by atoms with Crippen molar-refractivity contribution in [3.8, 4) is 0 Å². The van der Waals surface area contributed by atoms with Gasteiger partial charge in [0, 0.05) is 24.9 Å². The second kappa shape index (κ2) is 14.8. The van der Waals surface area contributed by atoms with Gasteiger partial charge in [0.1, 0.15) is 18.1 Å². The van der Waals surface area contributed by atoms with Crippen molar-refractivity contribution in [1.82, 2.24) is 31.2 Å². The predicted molar refractivity (Wildman–Crippen MR) is 136 cm³/mol. The van der Waals surface area contributed by atoms with Gasteiger partial charge in [-0.05, 0) is 38.1 Å². The number of guanidine groups is 1. The van der Waals surface area contributed by atoms with Crippen LogP contribution in [-0.2, 0) is 25.6 Å². The number of nitrogens with two attached hydrogens (primary N) is 2. The Kier molecular flexibility index (Phi) is 11.8. The molecular weight excluding hydrogens is 482 g/mol. The molecule has 0 saturated carbocycles. The Hall–Kier alpha value is -3.68. The Bertz CT molecular complexity index is 927. The normalized spacial score (nSPS) is 18.2. The zero-order valence-electron chi connectivity index (χ0n) is 21.3. The molecule has 1 fully saturated rings. The van der Waals surface area contributed by atoms with Gasteiger partial charge < -0.3 is 42.8 Å². The molecule has 206 valence electrons. The smallest absolute Gasteiger partial charge is 0.326 e. The number of nitrogens with zero attached hydrogens (tertiary/aromatic N) is 2. The lowest BCUT2D eigenvalue weighted by Crippen LogP contribution is -2.58. The van der Waals surface area contributed by atoms with Crippen LogP contribution >= 0.6 is 0 Å². The third kappa shape index (κ3) is 9.71. The highest BCUT2D eigenvalue weighted by atomic mass is 16.4. The van der Waals surface area contributed by atoms with Crippen LogP contribution in [0, 0.1) is 5.92 Å². The first kappa shape index (κ1) is 29.5. The van der Waals surface area contributed by atoms with Crippen LogP contribution < -0.4 is 32.7 Å². The molecule has 5 atom stereocenters. The molecule has 2 heterocycles. The largest absolute Gasteiger partial charge is 0.480 e. The van der Waals surface area contributed by atoms with Crippen LogP contribution in [0.15, 0.2) is 17.5 Å². The highest BCUT2D eigenvalue weighted by Crippen LogP contribution is 2.12.